The van der Waals surface area contributed by atoms with Gasteiger partial charge in [0.2, 0.25) is 5.88 Å². The molecule has 0 spiro atoms. The lowest BCUT2D eigenvalue weighted by Gasteiger charge is -2.42. The van der Waals surface area contributed by atoms with Gasteiger partial charge in [-0.25, -0.2) is 9.97 Å². The lowest BCUT2D eigenvalue weighted by atomic mass is 10.0. The van der Waals surface area contributed by atoms with Crippen LogP contribution in [-0.2, 0) is 27.4 Å². The van der Waals surface area contributed by atoms with Crippen LogP contribution in [-0.4, -0.2) is 52.7 Å². The summed E-state index contributed by atoms with van der Waals surface area (Å²) in [6.45, 7) is 0.280. The van der Waals surface area contributed by atoms with Gasteiger partial charge in [0.15, 0.2) is 0 Å². The molecular formula is C21H22F2N6O4. The molecule has 3 aliphatic heterocycles. The van der Waals surface area contributed by atoms with Crippen molar-refractivity contribution in [2.45, 2.75) is 38.8 Å². The summed E-state index contributed by atoms with van der Waals surface area (Å²) in [6, 6.07) is 0.971. The summed E-state index contributed by atoms with van der Waals surface area (Å²) < 4.78 is 40.4. The number of nitrogen functional groups attached to an aromatic ring is 1. The Kier molecular flexibility index (Phi) is 5.46. The Hall–Kier alpha value is -3.51. The number of alkyl halides is 2. The largest absolute Gasteiger partial charge is 0.418 e. The number of allylic oxidation sites excluding steroid dienone is 2. The summed E-state index contributed by atoms with van der Waals surface area (Å²) in [5.41, 5.74) is 14.6. The number of nitrogens with one attached hydrogen (secondary N) is 2. The number of nitrogens with zero attached hydrogens (tertiary/aromatic N) is 3. The third-order valence-electron chi connectivity index (χ3n) is 5.83. The Morgan fingerprint density at radius 3 is 2.82 bits per heavy atom. The fourth-order valence-electron chi connectivity index (χ4n) is 4.26. The molecule has 1 fully saturated rings. The first-order chi connectivity index (χ1) is 15.9. The van der Waals surface area contributed by atoms with Gasteiger partial charge in [0.05, 0.1) is 55.9 Å². The molecule has 0 radical (unpaired) electrons. The van der Waals surface area contributed by atoms with Crippen molar-refractivity contribution in [1.82, 2.24) is 25.7 Å². The van der Waals surface area contributed by atoms with Gasteiger partial charge in [-0.2, -0.15) is 8.78 Å². The average Bonchev–Trinajstić information content (AvgIpc) is 3.30. The fourth-order valence-corrected chi connectivity index (χ4v) is 4.26. The number of anilines is 1. The minimum Gasteiger partial charge on any atom is -0.418 e. The predicted molar refractivity (Wildman–Crippen MR) is 112 cm³/mol. The van der Waals surface area contributed by atoms with Gasteiger partial charge in [-0.1, -0.05) is 0 Å². The van der Waals surface area contributed by atoms with Gasteiger partial charge in [-0.3, -0.25) is 10.2 Å². The molecule has 3 aliphatic rings. The zero-order valence-corrected chi connectivity index (χ0v) is 17.7. The molecule has 33 heavy (non-hydrogen) atoms. The quantitative estimate of drug-likeness (QED) is 0.623. The van der Waals surface area contributed by atoms with E-state index in [4.69, 9.17) is 15.2 Å². The first-order valence-corrected chi connectivity index (χ1v) is 10.4. The second kappa shape index (κ2) is 8.45. The van der Waals surface area contributed by atoms with E-state index in [-0.39, 0.29) is 30.1 Å². The van der Waals surface area contributed by atoms with Crippen LogP contribution in [0.4, 0.5) is 14.6 Å². The predicted octanol–water partition coefficient (Wildman–Crippen LogP) is 1.54. The molecule has 0 aliphatic carbocycles. The number of aromatic nitrogens is 2. The number of carbonyl (C=O) groups excluding carboxylic acids is 1. The van der Waals surface area contributed by atoms with Crippen LogP contribution in [0.2, 0.25) is 0 Å². The van der Waals surface area contributed by atoms with E-state index in [1.807, 2.05) is 6.92 Å². The molecule has 2 atom stereocenters. The van der Waals surface area contributed by atoms with Crippen LogP contribution in [0.15, 0.2) is 36.0 Å². The number of rotatable bonds is 4. The minimum atomic E-state index is -2.95. The zero-order valence-electron chi connectivity index (χ0n) is 17.7. The SMILES string of the molecule is C[C@H]1COC[C@@H](C2=CC=C(OC(F)F)NN2)N1C(=O)c1cc2c3c(c(N)nc2cn1)COC3. The molecule has 5 heterocycles. The van der Waals surface area contributed by atoms with Crippen molar-refractivity contribution in [1.29, 1.82) is 0 Å². The van der Waals surface area contributed by atoms with Crippen molar-refractivity contribution in [2.24, 2.45) is 0 Å². The Bertz CT molecular complexity index is 1170. The van der Waals surface area contributed by atoms with Gasteiger partial charge in [0.25, 0.3) is 5.91 Å². The lowest BCUT2D eigenvalue weighted by molar-refractivity contribution is -0.103. The molecule has 2 aromatic heterocycles. The summed E-state index contributed by atoms with van der Waals surface area (Å²) in [5.74, 6) is -0.0114. The van der Waals surface area contributed by atoms with Crippen LogP contribution in [0, 0.1) is 0 Å². The van der Waals surface area contributed by atoms with Gasteiger partial charge in [0.1, 0.15) is 11.5 Å². The number of amides is 1. The molecule has 5 rings (SSSR count). The van der Waals surface area contributed by atoms with Crippen molar-refractivity contribution < 1.29 is 27.8 Å². The van der Waals surface area contributed by atoms with Crippen LogP contribution < -0.4 is 16.6 Å². The van der Waals surface area contributed by atoms with Gasteiger partial charge in [-0.15, -0.1) is 0 Å². The van der Waals surface area contributed by atoms with E-state index >= 15 is 0 Å². The number of halogens is 2. The summed E-state index contributed by atoms with van der Waals surface area (Å²) >= 11 is 0. The van der Waals surface area contributed by atoms with Gasteiger partial charge in [-0.05, 0) is 24.6 Å². The Morgan fingerprint density at radius 1 is 1.24 bits per heavy atom. The Morgan fingerprint density at radius 2 is 2.06 bits per heavy atom. The van der Waals surface area contributed by atoms with E-state index in [2.05, 4.69) is 25.6 Å². The molecular weight excluding hydrogens is 438 g/mol. The number of nitrogens with two attached hydrogens (primary N) is 1. The molecule has 0 bridgehead atoms. The van der Waals surface area contributed by atoms with Gasteiger partial charge >= 0.3 is 6.61 Å². The Labute approximate surface area is 187 Å². The lowest BCUT2D eigenvalue weighted by Crippen LogP contribution is -2.57. The number of carbonyl (C=O) groups is 1. The molecule has 0 saturated carbocycles. The molecule has 12 heteroatoms. The molecule has 2 aromatic rings. The highest BCUT2D eigenvalue weighted by Crippen LogP contribution is 2.31. The maximum atomic E-state index is 13.6. The zero-order chi connectivity index (χ0) is 23.1. The first kappa shape index (κ1) is 21.3. The van der Waals surface area contributed by atoms with Crippen LogP contribution in [0.3, 0.4) is 0 Å². The minimum absolute atomic E-state index is 0.129. The smallest absolute Gasteiger partial charge is 0.388 e. The highest BCUT2D eigenvalue weighted by molar-refractivity contribution is 5.97. The molecule has 1 amide bonds. The third-order valence-corrected chi connectivity index (χ3v) is 5.83. The number of fused-ring (bicyclic) bond motifs is 3. The second-order valence-corrected chi connectivity index (χ2v) is 7.93. The monoisotopic (exact) mass is 460 g/mol. The van der Waals surface area contributed by atoms with Crippen LogP contribution in [0.25, 0.3) is 10.9 Å². The fraction of sp³-hybridized carbons (Fsp3) is 0.381. The Balaban J connectivity index is 1.47. The molecule has 4 N–H and O–H groups in total. The molecule has 0 aromatic carbocycles. The third kappa shape index (κ3) is 3.91. The number of hydrogen-bond donors (Lipinski definition) is 3. The molecule has 0 unspecified atom stereocenters. The standard InChI is InChI=1S/C21H22F2N6O4/c1-10-6-31-9-17(14-2-3-18(28-27-14)33-21(22)23)29(10)20(30)15-4-11-12-7-32-8-13(12)19(24)26-16(11)5-25-15/h2-5,10,17,21,27-28H,6-9H2,1H3,(H2,24,26)/t10-,17-/m0/s1. The van der Waals surface area contributed by atoms with Gasteiger partial charge < -0.3 is 30.3 Å². The summed E-state index contributed by atoms with van der Waals surface area (Å²) in [5, 5.41) is 0.779. The number of pyridine rings is 2. The molecule has 10 nitrogen and oxygen atoms in total. The topological polar surface area (TPSA) is 124 Å². The molecule has 174 valence electrons. The summed E-state index contributed by atoms with van der Waals surface area (Å²) in [6.07, 6.45) is 4.48. The average molecular weight is 460 g/mol. The van der Waals surface area contributed by atoms with E-state index in [1.54, 1.807) is 17.0 Å². The maximum Gasteiger partial charge on any atom is 0.388 e. The number of ether oxygens (including phenoxy) is 3. The van der Waals surface area contributed by atoms with E-state index in [0.717, 1.165) is 16.5 Å². The van der Waals surface area contributed by atoms with Crippen LogP contribution in [0.1, 0.15) is 28.5 Å². The number of hydrazine groups is 1. The maximum absolute atomic E-state index is 13.6. The van der Waals surface area contributed by atoms with Crippen LogP contribution in [0.5, 0.6) is 0 Å². The second-order valence-electron chi connectivity index (χ2n) is 7.93. The first-order valence-electron chi connectivity index (χ1n) is 10.4. The summed E-state index contributed by atoms with van der Waals surface area (Å²) in [7, 11) is 0. The van der Waals surface area contributed by atoms with E-state index in [9.17, 15) is 13.6 Å². The van der Waals surface area contributed by atoms with Crippen molar-refractivity contribution >= 4 is 22.6 Å². The van der Waals surface area contributed by atoms with Crippen LogP contribution >= 0.6 is 0 Å². The number of hydrogen-bond acceptors (Lipinski definition) is 9. The molecule has 1 saturated heterocycles. The van der Waals surface area contributed by atoms with Crippen molar-refractivity contribution in [2.75, 3.05) is 18.9 Å². The summed E-state index contributed by atoms with van der Waals surface area (Å²) in [4.78, 5) is 24.0. The normalized spacial score (nSPS) is 22.4. The van der Waals surface area contributed by atoms with E-state index < -0.39 is 12.7 Å². The highest BCUT2D eigenvalue weighted by atomic mass is 19.3. The van der Waals surface area contributed by atoms with Gasteiger partial charge in [0, 0.05) is 17.0 Å². The van der Waals surface area contributed by atoms with E-state index in [1.165, 1.54) is 12.3 Å². The van der Waals surface area contributed by atoms with Crippen molar-refractivity contribution in [3.63, 3.8) is 0 Å². The number of morpholine rings is 1. The van der Waals surface area contributed by atoms with Crippen molar-refractivity contribution in [3.8, 4) is 0 Å². The van der Waals surface area contributed by atoms with E-state index in [0.29, 0.717) is 36.9 Å². The highest BCUT2D eigenvalue weighted by Gasteiger charge is 2.37. The van der Waals surface area contributed by atoms with Crippen molar-refractivity contribution in [3.05, 3.63) is 52.8 Å².